The second kappa shape index (κ2) is 9.85. The van der Waals surface area contributed by atoms with E-state index >= 15 is 0 Å². The van der Waals surface area contributed by atoms with Crippen LogP contribution in [0, 0.1) is 0 Å². The third kappa shape index (κ3) is 5.05. The summed E-state index contributed by atoms with van der Waals surface area (Å²) in [5.74, 6) is 0.834. The van der Waals surface area contributed by atoms with Crippen LogP contribution in [0.5, 0.6) is 0 Å². The zero-order valence-electron chi connectivity index (χ0n) is 19.3. The van der Waals surface area contributed by atoms with E-state index in [4.69, 9.17) is 5.73 Å². The van der Waals surface area contributed by atoms with E-state index in [1.54, 1.807) is 11.3 Å². The number of hydrogen-bond acceptors (Lipinski definition) is 4. The SMILES string of the molecule is CCCc1cc(-c2ccc(C3CCN(C(C)C)CC3)cc2)sc1C(=O)N1CC[C@H](N)C1. The van der Waals surface area contributed by atoms with Crippen LogP contribution in [-0.2, 0) is 6.42 Å². The van der Waals surface area contributed by atoms with Gasteiger partial charge in [-0.2, -0.15) is 0 Å². The molecule has 0 spiro atoms. The molecule has 2 aromatic rings. The Hall–Kier alpha value is -1.69. The lowest BCUT2D eigenvalue weighted by molar-refractivity contribution is 0.0794. The quantitative estimate of drug-likeness (QED) is 0.679. The van der Waals surface area contributed by atoms with Crippen molar-refractivity contribution in [1.82, 2.24) is 9.80 Å². The molecule has 0 radical (unpaired) electrons. The van der Waals surface area contributed by atoms with Crippen LogP contribution in [0.1, 0.15) is 73.2 Å². The van der Waals surface area contributed by atoms with Gasteiger partial charge in [-0.25, -0.2) is 0 Å². The normalized spacial score (nSPS) is 20.7. The highest BCUT2D eigenvalue weighted by atomic mass is 32.1. The molecular weight excluding hydrogens is 402 g/mol. The Morgan fingerprint density at radius 2 is 1.84 bits per heavy atom. The van der Waals surface area contributed by atoms with Crippen molar-refractivity contribution in [2.45, 2.75) is 70.9 Å². The van der Waals surface area contributed by atoms with Crippen molar-refractivity contribution in [2.75, 3.05) is 26.2 Å². The Labute approximate surface area is 191 Å². The zero-order chi connectivity index (χ0) is 22.0. The molecule has 2 N–H and O–H groups in total. The molecule has 2 fully saturated rings. The number of carbonyl (C=O) groups is 1. The molecule has 0 unspecified atom stereocenters. The fourth-order valence-corrected chi connectivity index (χ4v) is 6.17. The number of likely N-dealkylation sites (tertiary alicyclic amines) is 2. The van der Waals surface area contributed by atoms with Crippen LogP contribution in [0.25, 0.3) is 10.4 Å². The van der Waals surface area contributed by atoms with E-state index in [-0.39, 0.29) is 11.9 Å². The monoisotopic (exact) mass is 439 g/mol. The van der Waals surface area contributed by atoms with Gasteiger partial charge in [-0.15, -0.1) is 11.3 Å². The Morgan fingerprint density at radius 1 is 1.13 bits per heavy atom. The van der Waals surface area contributed by atoms with Gasteiger partial charge in [0, 0.05) is 30.1 Å². The Morgan fingerprint density at radius 3 is 2.42 bits per heavy atom. The molecule has 1 amide bonds. The first-order valence-electron chi connectivity index (χ1n) is 12.0. The average molecular weight is 440 g/mol. The molecule has 1 aromatic heterocycles. The molecule has 2 saturated heterocycles. The van der Waals surface area contributed by atoms with Crippen LogP contribution < -0.4 is 5.73 Å². The van der Waals surface area contributed by atoms with Crippen molar-refractivity contribution < 1.29 is 4.79 Å². The predicted octanol–water partition coefficient (Wildman–Crippen LogP) is 5.13. The average Bonchev–Trinajstić information content (AvgIpc) is 3.40. The summed E-state index contributed by atoms with van der Waals surface area (Å²) in [6.45, 7) is 10.6. The van der Waals surface area contributed by atoms with E-state index < -0.39 is 0 Å². The molecule has 0 saturated carbocycles. The van der Waals surface area contributed by atoms with Gasteiger partial charge in [0.25, 0.3) is 5.91 Å². The number of nitrogens with two attached hydrogens (primary N) is 1. The summed E-state index contributed by atoms with van der Waals surface area (Å²) in [6, 6.07) is 12.1. The lowest BCUT2D eigenvalue weighted by atomic mass is 9.88. The van der Waals surface area contributed by atoms with Crippen molar-refractivity contribution in [2.24, 2.45) is 5.73 Å². The number of rotatable bonds is 6. The summed E-state index contributed by atoms with van der Waals surface area (Å²) >= 11 is 1.65. The molecule has 31 heavy (non-hydrogen) atoms. The van der Waals surface area contributed by atoms with Crippen LogP contribution in [0.3, 0.4) is 0 Å². The lowest BCUT2D eigenvalue weighted by Gasteiger charge is -2.34. The van der Waals surface area contributed by atoms with Gasteiger partial charge in [0.2, 0.25) is 0 Å². The van der Waals surface area contributed by atoms with Gasteiger partial charge in [0.15, 0.2) is 0 Å². The molecule has 2 aliphatic heterocycles. The standard InChI is InChI=1S/C26H37N3OS/c1-4-5-22-16-24(31-25(22)26(30)29-15-12-23(27)17-29)21-8-6-19(7-9-21)20-10-13-28(14-11-20)18(2)3/h6-9,16,18,20,23H,4-5,10-15,17,27H2,1-3H3/t23-/m0/s1. The summed E-state index contributed by atoms with van der Waals surface area (Å²) in [7, 11) is 0. The first kappa shape index (κ1) is 22.5. The van der Waals surface area contributed by atoms with Crippen molar-refractivity contribution in [3.8, 4) is 10.4 Å². The summed E-state index contributed by atoms with van der Waals surface area (Å²) in [5.41, 5.74) is 9.91. The van der Waals surface area contributed by atoms with Gasteiger partial charge in [0.05, 0.1) is 4.88 Å². The van der Waals surface area contributed by atoms with Crippen LogP contribution in [0.2, 0.25) is 0 Å². The molecule has 0 bridgehead atoms. The number of amides is 1. The number of nitrogens with zero attached hydrogens (tertiary/aromatic N) is 2. The first-order valence-corrected chi connectivity index (χ1v) is 12.8. The Kier molecular flexibility index (Phi) is 7.15. The molecule has 1 atom stereocenters. The fraction of sp³-hybridized carbons (Fsp3) is 0.577. The Bertz CT molecular complexity index is 881. The van der Waals surface area contributed by atoms with E-state index in [2.05, 4.69) is 56.0 Å². The van der Waals surface area contributed by atoms with Crippen LogP contribution in [0.15, 0.2) is 30.3 Å². The highest BCUT2D eigenvalue weighted by molar-refractivity contribution is 7.17. The van der Waals surface area contributed by atoms with Crippen molar-refractivity contribution in [1.29, 1.82) is 0 Å². The molecule has 3 heterocycles. The minimum absolute atomic E-state index is 0.123. The molecule has 4 nitrogen and oxygen atoms in total. The van der Waals surface area contributed by atoms with Gasteiger partial charge in [0.1, 0.15) is 0 Å². The van der Waals surface area contributed by atoms with E-state index in [1.165, 1.54) is 47.5 Å². The fourth-order valence-electron chi connectivity index (χ4n) is 4.99. The van der Waals surface area contributed by atoms with E-state index in [0.717, 1.165) is 30.7 Å². The smallest absolute Gasteiger partial charge is 0.264 e. The van der Waals surface area contributed by atoms with Crippen molar-refractivity contribution in [3.05, 3.63) is 46.3 Å². The highest BCUT2D eigenvalue weighted by Gasteiger charge is 2.28. The molecule has 0 aliphatic carbocycles. The summed E-state index contributed by atoms with van der Waals surface area (Å²) in [5, 5.41) is 0. The predicted molar refractivity (Wildman–Crippen MR) is 131 cm³/mol. The number of carbonyl (C=O) groups excluding carboxylic acids is 1. The number of thiophene rings is 1. The number of piperidine rings is 1. The number of benzene rings is 1. The van der Waals surface area contributed by atoms with Gasteiger partial charge in [-0.3, -0.25) is 4.79 Å². The Balaban J connectivity index is 1.50. The van der Waals surface area contributed by atoms with Crippen molar-refractivity contribution >= 4 is 17.2 Å². The third-order valence-electron chi connectivity index (χ3n) is 6.96. The van der Waals surface area contributed by atoms with Gasteiger partial charge >= 0.3 is 0 Å². The maximum atomic E-state index is 13.1. The van der Waals surface area contributed by atoms with Crippen LogP contribution in [-0.4, -0.2) is 54.0 Å². The third-order valence-corrected chi connectivity index (χ3v) is 8.18. The van der Waals surface area contributed by atoms with Gasteiger partial charge in [-0.05, 0) is 81.3 Å². The minimum atomic E-state index is 0.123. The summed E-state index contributed by atoms with van der Waals surface area (Å²) in [4.78, 5) is 19.8. The molecule has 2 aliphatic rings. The van der Waals surface area contributed by atoms with E-state index in [1.807, 2.05) is 4.90 Å². The number of hydrogen-bond donors (Lipinski definition) is 1. The number of aryl methyl sites for hydroxylation is 1. The van der Waals surface area contributed by atoms with Gasteiger partial charge < -0.3 is 15.5 Å². The topological polar surface area (TPSA) is 49.6 Å². The molecular formula is C26H37N3OS. The molecule has 5 heteroatoms. The summed E-state index contributed by atoms with van der Waals surface area (Å²) in [6.07, 6.45) is 5.39. The van der Waals surface area contributed by atoms with E-state index in [9.17, 15) is 4.79 Å². The zero-order valence-corrected chi connectivity index (χ0v) is 20.1. The maximum absolute atomic E-state index is 13.1. The largest absolute Gasteiger partial charge is 0.336 e. The first-order chi connectivity index (χ1) is 15.0. The second-order valence-corrected chi connectivity index (χ2v) is 10.6. The molecule has 168 valence electrons. The maximum Gasteiger partial charge on any atom is 0.264 e. The second-order valence-electron chi connectivity index (χ2n) is 9.54. The molecule has 4 rings (SSSR count). The lowest BCUT2D eigenvalue weighted by Crippen LogP contribution is -2.37. The van der Waals surface area contributed by atoms with Gasteiger partial charge in [-0.1, -0.05) is 37.6 Å². The highest BCUT2D eigenvalue weighted by Crippen LogP contribution is 2.35. The minimum Gasteiger partial charge on any atom is -0.336 e. The van der Waals surface area contributed by atoms with Crippen LogP contribution >= 0.6 is 11.3 Å². The van der Waals surface area contributed by atoms with Crippen LogP contribution in [0.4, 0.5) is 0 Å². The summed E-state index contributed by atoms with van der Waals surface area (Å²) < 4.78 is 0. The van der Waals surface area contributed by atoms with E-state index in [0.29, 0.717) is 18.5 Å². The van der Waals surface area contributed by atoms with Crippen molar-refractivity contribution in [3.63, 3.8) is 0 Å². The molecule has 1 aromatic carbocycles.